The Hall–Kier alpha value is -3.19. The lowest BCUT2D eigenvalue weighted by Crippen LogP contribution is -2.22. The SMILES string of the molecule is O=c1c(=Cc2cc(Cl)c(OCc3ccc4ccccc4c3)c(Br)c2)sc2nc3ccccc3n12. The molecule has 2 heterocycles. The minimum atomic E-state index is -0.0856. The number of fused-ring (bicyclic) bond motifs is 4. The van der Waals surface area contributed by atoms with E-state index in [0.29, 0.717) is 26.9 Å². The van der Waals surface area contributed by atoms with Crippen molar-refractivity contribution in [1.29, 1.82) is 0 Å². The van der Waals surface area contributed by atoms with Crippen LogP contribution in [-0.4, -0.2) is 9.38 Å². The number of hydrogen-bond donors (Lipinski definition) is 0. The molecule has 0 aliphatic carbocycles. The number of benzene rings is 4. The molecule has 0 spiro atoms. The van der Waals surface area contributed by atoms with E-state index in [2.05, 4.69) is 51.2 Å². The summed E-state index contributed by atoms with van der Waals surface area (Å²) in [6, 6.07) is 25.8. The Morgan fingerprint density at radius 1 is 1.00 bits per heavy atom. The van der Waals surface area contributed by atoms with Gasteiger partial charge in [-0.3, -0.25) is 4.79 Å². The highest BCUT2D eigenvalue weighted by Gasteiger charge is 2.13. The summed E-state index contributed by atoms with van der Waals surface area (Å²) >= 11 is 11.5. The summed E-state index contributed by atoms with van der Waals surface area (Å²) in [4.78, 5) is 18.3. The van der Waals surface area contributed by atoms with E-state index in [-0.39, 0.29) is 5.56 Å². The van der Waals surface area contributed by atoms with Crippen LogP contribution < -0.4 is 14.8 Å². The molecular formula is C27H16BrClN2O2S. The Kier molecular flexibility index (Phi) is 5.37. The molecule has 2 aromatic heterocycles. The van der Waals surface area contributed by atoms with Crippen LogP contribution in [0.2, 0.25) is 5.02 Å². The van der Waals surface area contributed by atoms with Crippen molar-refractivity contribution >= 4 is 71.7 Å². The summed E-state index contributed by atoms with van der Waals surface area (Å²) in [5, 5.41) is 2.83. The van der Waals surface area contributed by atoms with Crippen LogP contribution in [0.3, 0.4) is 0 Å². The van der Waals surface area contributed by atoms with Crippen LogP contribution in [0.25, 0.3) is 32.8 Å². The first-order chi connectivity index (χ1) is 16.6. The van der Waals surface area contributed by atoms with Crippen molar-refractivity contribution in [2.45, 2.75) is 6.61 Å². The molecule has 0 amide bonds. The van der Waals surface area contributed by atoms with E-state index in [9.17, 15) is 4.79 Å². The molecular weight excluding hydrogens is 532 g/mol. The van der Waals surface area contributed by atoms with Gasteiger partial charge in [0.2, 0.25) is 0 Å². The summed E-state index contributed by atoms with van der Waals surface area (Å²) in [6.45, 7) is 0.395. The zero-order valence-corrected chi connectivity index (χ0v) is 20.8. The van der Waals surface area contributed by atoms with Gasteiger partial charge in [-0.15, -0.1) is 0 Å². The molecule has 7 heteroatoms. The van der Waals surface area contributed by atoms with Gasteiger partial charge in [0.25, 0.3) is 5.56 Å². The highest BCUT2D eigenvalue weighted by molar-refractivity contribution is 9.10. The zero-order valence-electron chi connectivity index (χ0n) is 17.7. The first-order valence-electron chi connectivity index (χ1n) is 10.6. The fraction of sp³-hybridized carbons (Fsp3) is 0.0370. The van der Waals surface area contributed by atoms with Crippen LogP contribution in [0.5, 0.6) is 5.75 Å². The van der Waals surface area contributed by atoms with Crippen molar-refractivity contribution in [3.8, 4) is 5.75 Å². The normalized spacial score (nSPS) is 12.2. The molecule has 0 fully saturated rings. The number of hydrogen-bond acceptors (Lipinski definition) is 4. The summed E-state index contributed by atoms with van der Waals surface area (Å²) in [5.74, 6) is 0.571. The van der Waals surface area contributed by atoms with Crippen molar-refractivity contribution in [1.82, 2.24) is 9.38 Å². The molecule has 0 aliphatic heterocycles. The van der Waals surface area contributed by atoms with Gasteiger partial charge in [-0.05, 0) is 74.2 Å². The predicted molar refractivity (Wildman–Crippen MR) is 143 cm³/mol. The number of para-hydroxylation sites is 2. The monoisotopic (exact) mass is 546 g/mol. The second-order valence-corrected chi connectivity index (χ2v) is 10.2. The average molecular weight is 548 g/mol. The van der Waals surface area contributed by atoms with Crippen molar-refractivity contribution in [2.75, 3.05) is 0 Å². The van der Waals surface area contributed by atoms with Gasteiger partial charge in [0.1, 0.15) is 6.61 Å². The molecule has 4 nitrogen and oxygen atoms in total. The Labute approximate surface area is 211 Å². The zero-order chi connectivity index (χ0) is 23.2. The van der Waals surface area contributed by atoms with E-state index in [1.54, 1.807) is 4.40 Å². The quantitative estimate of drug-likeness (QED) is 0.250. The number of nitrogens with zero attached hydrogens (tertiary/aromatic N) is 2. The molecule has 34 heavy (non-hydrogen) atoms. The lowest BCUT2D eigenvalue weighted by atomic mass is 10.1. The van der Waals surface area contributed by atoms with Gasteiger partial charge < -0.3 is 4.74 Å². The van der Waals surface area contributed by atoms with E-state index in [0.717, 1.165) is 26.6 Å². The van der Waals surface area contributed by atoms with Gasteiger partial charge in [0.15, 0.2) is 10.7 Å². The Balaban J connectivity index is 1.31. The molecule has 0 unspecified atom stereocenters. The number of thiazole rings is 1. The molecule has 0 aliphatic rings. The highest BCUT2D eigenvalue weighted by atomic mass is 79.9. The minimum Gasteiger partial charge on any atom is -0.486 e. The predicted octanol–water partition coefficient (Wildman–Crippen LogP) is 6.61. The van der Waals surface area contributed by atoms with Gasteiger partial charge in [-0.1, -0.05) is 71.5 Å². The smallest absolute Gasteiger partial charge is 0.274 e. The van der Waals surface area contributed by atoms with Gasteiger partial charge in [0, 0.05) is 0 Å². The van der Waals surface area contributed by atoms with E-state index < -0.39 is 0 Å². The molecule has 0 atom stereocenters. The van der Waals surface area contributed by atoms with Crippen LogP contribution in [-0.2, 0) is 6.61 Å². The molecule has 0 saturated heterocycles. The van der Waals surface area contributed by atoms with Crippen LogP contribution in [0.1, 0.15) is 11.1 Å². The van der Waals surface area contributed by atoms with Gasteiger partial charge >= 0.3 is 0 Å². The van der Waals surface area contributed by atoms with Gasteiger partial charge in [-0.2, -0.15) is 0 Å². The van der Waals surface area contributed by atoms with E-state index >= 15 is 0 Å². The fourth-order valence-electron chi connectivity index (χ4n) is 4.05. The minimum absolute atomic E-state index is 0.0856. The van der Waals surface area contributed by atoms with Crippen molar-refractivity contribution in [2.24, 2.45) is 0 Å². The van der Waals surface area contributed by atoms with E-state index in [1.165, 1.54) is 22.1 Å². The standard InChI is InChI=1S/C27H16BrClN2O2S/c28-20-12-17(14-24-26(32)31-23-8-4-3-7-22(23)30-27(31)34-24)13-21(29)25(20)33-15-16-9-10-18-5-1-2-6-19(18)11-16/h1-14H,15H2. The molecule has 0 bridgehead atoms. The highest BCUT2D eigenvalue weighted by Crippen LogP contribution is 2.35. The molecule has 6 aromatic rings. The molecule has 0 saturated carbocycles. The van der Waals surface area contributed by atoms with Crippen molar-refractivity contribution in [3.05, 3.63) is 114 Å². The van der Waals surface area contributed by atoms with Crippen molar-refractivity contribution in [3.63, 3.8) is 0 Å². The Morgan fingerprint density at radius 2 is 1.79 bits per heavy atom. The summed E-state index contributed by atoms with van der Waals surface area (Å²) in [5.41, 5.74) is 3.41. The number of aromatic nitrogens is 2. The largest absolute Gasteiger partial charge is 0.486 e. The van der Waals surface area contributed by atoms with Crippen LogP contribution in [0, 0.1) is 0 Å². The maximum atomic E-state index is 13.0. The molecule has 0 N–H and O–H groups in total. The summed E-state index contributed by atoms with van der Waals surface area (Å²) in [6.07, 6.45) is 1.83. The third kappa shape index (κ3) is 3.78. The second-order valence-electron chi connectivity index (χ2n) is 7.92. The lowest BCUT2D eigenvalue weighted by molar-refractivity contribution is 0.304. The maximum Gasteiger partial charge on any atom is 0.274 e. The number of rotatable bonds is 4. The van der Waals surface area contributed by atoms with Gasteiger partial charge in [-0.25, -0.2) is 9.38 Å². The molecule has 166 valence electrons. The average Bonchev–Trinajstić information content (AvgIpc) is 3.34. The molecule has 0 radical (unpaired) electrons. The Bertz CT molecular complexity index is 1800. The first kappa shape index (κ1) is 21.4. The van der Waals surface area contributed by atoms with Crippen LogP contribution >= 0.6 is 38.9 Å². The fourth-order valence-corrected chi connectivity index (χ4v) is 6.02. The third-order valence-corrected chi connectivity index (χ3v) is 7.50. The maximum absolute atomic E-state index is 13.0. The summed E-state index contributed by atoms with van der Waals surface area (Å²) < 4.78 is 9.03. The topological polar surface area (TPSA) is 43.6 Å². The Morgan fingerprint density at radius 3 is 2.65 bits per heavy atom. The number of ether oxygens (including phenoxy) is 1. The number of imidazole rings is 1. The van der Waals surface area contributed by atoms with Crippen molar-refractivity contribution < 1.29 is 4.74 Å². The van der Waals surface area contributed by atoms with E-state index in [1.807, 2.05) is 54.6 Å². The van der Waals surface area contributed by atoms with Gasteiger partial charge in [0.05, 0.1) is 25.1 Å². The number of halogens is 2. The first-order valence-corrected chi connectivity index (χ1v) is 12.6. The molecule has 6 rings (SSSR count). The summed E-state index contributed by atoms with van der Waals surface area (Å²) in [7, 11) is 0. The lowest BCUT2D eigenvalue weighted by Gasteiger charge is -2.12. The van der Waals surface area contributed by atoms with Crippen LogP contribution in [0.4, 0.5) is 0 Å². The second kappa shape index (κ2) is 8.55. The third-order valence-electron chi connectivity index (χ3n) is 5.66. The molecule has 4 aromatic carbocycles. The van der Waals surface area contributed by atoms with E-state index in [4.69, 9.17) is 16.3 Å². The van der Waals surface area contributed by atoms with Crippen LogP contribution in [0.15, 0.2) is 88.1 Å².